The second-order valence-electron chi connectivity index (χ2n) is 9.88. The Hall–Kier alpha value is -4.01. The van der Waals surface area contributed by atoms with Crippen molar-refractivity contribution in [2.45, 2.75) is 83.1 Å². The molecular formula is C24H39N9O6. The van der Waals surface area contributed by atoms with Crippen LogP contribution in [-0.4, -0.2) is 82.2 Å². The summed E-state index contributed by atoms with van der Waals surface area (Å²) in [6.07, 6.45) is 3.98. The molecule has 0 bridgehead atoms. The summed E-state index contributed by atoms with van der Waals surface area (Å²) in [6.45, 7) is 5.02. The monoisotopic (exact) mass is 549 g/mol. The van der Waals surface area contributed by atoms with Crippen LogP contribution < -0.4 is 38.1 Å². The van der Waals surface area contributed by atoms with Crippen LogP contribution >= 0.6 is 0 Å². The van der Waals surface area contributed by atoms with Gasteiger partial charge in [-0.2, -0.15) is 0 Å². The van der Waals surface area contributed by atoms with Gasteiger partial charge in [0.05, 0.1) is 12.5 Å². The third-order valence-electron chi connectivity index (χ3n) is 6.23. The minimum atomic E-state index is -1.29. The molecule has 15 heteroatoms. The zero-order chi connectivity index (χ0) is 29.1. The third kappa shape index (κ3) is 10.00. The van der Waals surface area contributed by atoms with E-state index in [1.165, 1.54) is 13.1 Å². The van der Waals surface area contributed by atoms with E-state index in [1.807, 2.05) is 0 Å². The van der Waals surface area contributed by atoms with Crippen molar-refractivity contribution in [2.75, 3.05) is 6.54 Å². The number of amides is 6. The van der Waals surface area contributed by atoms with Crippen LogP contribution in [0.3, 0.4) is 0 Å². The lowest BCUT2D eigenvalue weighted by atomic mass is 10.0. The summed E-state index contributed by atoms with van der Waals surface area (Å²) in [7, 11) is 0. The summed E-state index contributed by atoms with van der Waals surface area (Å²) >= 11 is 0. The quantitative estimate of drug-likeness (QED) is 0.193. The van der Waals surface area contributed by atoms with E-state index >= 15 is 0 Å². The van der Waals surface area contributed by atoms with E-state index in [1.54, 1.807) is 20.0 Å². The molecule has 1 aliphatic heterocycles. The number of hydrogen-bond acceptors (Lipinski definition) is 8. The Bertz CT molecular complexity index is 1030. The van der Waals surface area contributed by atoms with E-state index in [0.29, 0.717) is 18.7 Å². The molecule has 5 atom stereocenters. The molecular weight excluding hydrogens is 510 g/mol. The number of hydrogen-bond donors (Lipinski definition) is 8. The number of H-pyrrole nitrogens is 1. The Morgan fingerprint density at radius 1 is 1.00 bits per heavy atom. The molecule has 1 saturated heterocycles. The summed E-state index contributed by atoms with van der Waals surface area (Å²) in [5.74, 6) is -3.98. The highest BCUT2D eigenvalue weighted by atomic mass is 16.2. The normalized spacial score (nSPS) is 27.0. The van der Waals surface area contributed by atoms with Gasteiger partial charge in [-0.25, -0.2) is 4.98 Å². The number of imidazole rings is 1. The highest BCUT2D eigenvalue weighted by Gasteiger charge is 2.32. The molecule has 0 radical (unpaired) electrons. The van der Waals surface area contributed by atoms with Crippen LogP contribution in [0.25, 0.3) is 0 Å². The first kappa shape index (κ1) is 31.2. The van der Waals surface area contributed by atoms with E-state index in [-0.39, 0.29) is 25.8 Å². The molecule has 6 amide bonds. The molecule has 1 aromatic rings. The van der Waals surface area contributed by atoms with Gasteiger partial charge in [-0.15, -0.1) is 0 Å². The van der Waals surface area contributed by atoms with Gasteiger partial charge in [-0.3, -0.25) is 28.8 Å². The summed E-state index contributed by atoms with van der Waals surface area (Å²) in [6, 6.07) is -5.49. The second-order valence-corrected chi connectivity index (χ2v) is 9.88. The minimum absolute atomic E-state index is 0.0171. The summed E-state index contributed by atoms with van der Waals surface area (Å²) in [5, 5.41) is 12.8. The molecule has 0 spiro atoms. The lowest BCUT2D eigenvalue weighted by Gasteiger charge is -2.26. The number of carbonyl (C=O) groups is 6. The lowest BCUT2D eigenvalue weighted by Crippen LogP contribution is -2.59. The molecule has 1 aromatic heterocycles. The maximum absolute atomic E-state index is 13.1. The number of carbonyl (C=O) groups excluding carboxylic acids is 6. The van der Waals surface area contributed by atoms with Crippen molar-refractivity contribution >= 4 is 35.4 Å². The number of rotatable bonds is 4. The van der Waals surface area contributed by atoms with E-state index in [9.17, 15) is 28.8 Å². The maximum atomic E-state index is 13.1. The number of primary amides is 1. The number of aromatic amines is 1. The first-order valence-electron chi connectivity index (χ1n) is 12.9. The molecule has 1 aliphatic rings. The van der Waals surface area contributed by atoms with Gasteiger partial charge in [0.2, 0.25) is 35.4 Å². The number of nitrogens with two attached hydrogens (primary N) is 2. The van der Waals surface area contributed by atoms with Crippen molar-refractivity contribution in [2.24, 2.45) is 17.4 Å². The molecule has 0 unspecified atom stereocenters. The van der Waals surface area contributed by atoms with Crippen molar-refractivity contribution in [1.29, 1.82) is 0 Å². The Morgan fingerprint density at radius 3 is 2.33 bits per heavy atom. The topological polar surface area (TPSA) is 243 Å². The van der Waals surface area contributed by atoms with Gasteiger partial charge in [-0.05, 0) is 32.1 Å². The highest BCUT2D eigenvalue weighted by molar-refractivity contribution is 5.96. The van der Waals surface area contributed by atoms with Crippen LogP contribution in [0.5, 0.6) is 0 Å². The summed E-state index contributed by atoms with van der Waals surface area (Å²) < 4.78 is 0. The molecule has 2 rings (SSSR count). The van der Waals surface area contributed by atoms with Gasteiger partial charge in [0.25, 0.3) is 0 Å². The van der Waals surface area contributed by atoms with Crippen molar-refractivity contribution < 1.29 is 28.8 Å². The Morgan fingerprint density at radius 2 is 1.72 bits per heavy atom. The first-order chi connectivity index (χ1) is 18.4. The average Bonchev–Trinajstić information content (AvgIpc) is 3.38. The van der Waals surface area contributed by atoms with Gasteiger partial charge in [0, 0.05) is 25.4 Å². The smallest absolute Gasteiger partial charge is 0.243 e. The van der Waals surface area contributed by atoms with Gasteiger partial charge >= 0.3 is 0 Å². The predicted molar refractivity (Wildman–Crippen MR) is 139 cm³/mol. The van der Waals surface area contributed by atoms with Gasteiger partial charge in [0.15, 0.2) is 0 Å². The molecule has 216 valence electrons. The largest absolute Gasteiger partial charge is 0.368 e. The fraction of sp³-hybridized carbons (Fsp3) is 0.625. The molecule has 0 aliphatic carbocycles. The molecule has 10 N–H and O–H groups in total. The van der Waals surface area contributed by atoms with Crippen LogP contribution in [-0.2, 0) is 35.2 Å². The van der Waals surface area contributed by atoms with E-state index in [0.717, 1.165) is 0 Å². The van der Waals surface area contributed by atoms with Crippen LogP contribution in [0.2, 0.25) is 0 Å². The SMILES string of the molecule is CC(C)[C@@H]1NC(=O)[C@H](C)NC(=O)[C@H](Cc2ncc[nH]2)NC(=O)[C@@H](N)CCCCNC(=O)C[C@@H](C(N)=O)NC1=O. The first-order valence-corrected chi connectivity index (χ1v) is 12.9. The molecule has 39 heavy (non-hydrogen) atoms. The van der Waals surface area contributed by atoms with E-state index in [4.69, 9.17) is 11.5 Å². The average molecular weight is 550 g/mol. The van der Waals surface area contributed by atoms with Gasteiger partial charge < -0.3 is 43.0 Å². The highest BCUT2D eigenvalue weighted by Crippen LogP contribution is 2.06. The van der Waals surface area contributed by atoms with Crippen LogP contribution in [0, 0.1) is 5.92 Å². The van der Waals surface area contributed by atoms with Crippen LogP contribution in [0.1, 0.15) is 52.3 Å². The molecule has 0 saturated carbocycles. The van der Waals surface area contributed by atoms with Crippen molar-refractivity contribution in [1.82, 2.24) is 36.6 Å². The lowest BCUT2D eigenvalue weighted by molar-refractivity contribution is -0.135. The third-order valence-corrected chi connectivity index (χ3v) is 6.23. The number of nitrogens with zero attached hydrogens (tertiary/aromatic N) is 1. The van der Waals surface area contributed by atoms with Gasteiger partial charge in [-0.1, -0.05) is 13.8 Å². The zero-order valence-corrected chi connectivity index (χ0v) is 22.4. The number of aromatic nitrogens is 2. The Balaban J connectivity index is 2.27. The van der Waals surface area contributed by atoms with E-state index in [2.05, 4.69) is 36.6 Å². The Kier molecular flexibility index (Phi) is 11.8. The standard InChI is InChI=1S/C24H39N9O6/c1-12(2)19-24(39)31-15(20(26)35)11-18(34)29-7-5-4-6-14(25)22(37)32-16(10-17-27-8-9-28-17)23(38)30-13(3)21(36)33-19/h8-9,12-16,19H,4-7,10-11,25H2,1-3H3,(H2,26,35)(H,27,28)(H,29,34)(H,30,38)(H,31,39)(H,32,37)(H,33,36)/t13-,14-,15-,16-,19-/m0/s1. The molecule has 2 heterocycles. The van der Waals surface area contributed by atoms with Crippen molar-refractivity contribution in [3.8, 4) is 0 Å². The zero-order valence-electron chi connectivity index (χ0n) is 22.4. The Labute approximate surface area is 226 Å². The van der Waals surface area contributed by atoms with Crippen LogP contribution in [0.4, 0.5) is 0 Å². The fourth-order valence-corrected chi connectivity index (χ4v) is 3.87. The summed E-state index contributed by atoms with van der Waals surface area (Å²) in [4.78, 5) is 82.9. The fourth-order valence-electron chi connectivity index (χ4n) is 3.87. The van der Waals surface area contributed by atoms with Gasteiger partial charge in [0.1, 0.15) is 30.0 Å². The summed E-state index contributed by atoms with van der Waals surface area (Å²) in [5.41, 5.74) is 11.4. The predicted octanol–water partition coefficient (Wildman–Crippen LogP) is -2.93. The minimum Gasteiger partial charge on any atom is -0.368 e. The molecule has 1 fully saturated rings. The van der Waals surface area contributed by atoms with E-state index < -0.39 is 71.6 Å². The van der Waals surface area contributed by atoms with Crippen molar-refractivity contribution in [3.63, 3.8) is 0 Å². The van der Waals surface area contributed by atoms with Crippen molar-refractivity contribution in [3.05, 3.63) is 18.2 Å². The van der Waals surface area contributed by atoms with Crippen LogP contribution in [0.15, 0.2) is 12.4 Å². The molecule has 0 aromatic carbocycles. The second kappa shape index (κ2) is 14.8. The maximum Gasteiger partial charge on any atom is 0.243 e. The number of nitrogens with one attached hydrogen (secondary N) is 6. The molecule has 15 nitrogen and oxygen atoms in total.